The maximum Gasteiger partial charge on any atom is 0.256 e. The number of imide groups is 1. The van der Waals surface area contributed by atoms with Crippen LogP contribution >= 0.6 is 0 Å². The lowest BCUT2D eigenvalue weighted by molar-refractivity contribution is -0.150. The molecule has 1 atom stereocenters. The molecule has 0 fully saturated rings. The molecule has 0 saturated carbocycles. The van der Waals surface area contributed by atoms with Gasteiger partial charge in [0, 0.05) is 17.6 Å². The highest BCUT2D eigenvalue weighted by molar-refractivity contribution is 6.10. The zero-order valence-corrected chi connectivity index (χ0v) is 10.3. The van der Waals surface area contributed by atoms with Crippen LogP contribution < -0.4 is 0 Å². The molecule has 2 rings (SSSR count). The molecule has 0 aliphatic carbocycles. The number of amides is 2. The molecule has 18 heavy (non-hydrogen) atoms. The molecule has 1 aliphatic rings. The average Bonchev–Trinajstić information content (AvgIpc) is 2.65. The van der Waals surface area contributed by atoms with Gasteiger partial charge in [0.25, 0.3) is 5.91 Å². The van der Waals surface area contributed by atoms with Gasteiger partial charge in [-0.1, -0.05) is 44.2 Å². The summed E-state index contributed by atoms with van der Waals surface area (Å²) in [7, 11) is 0. The topological polar surface area (TPSA) is 57.6 Å². The lowest BCUT2D eigenvalue weighted by Crippen LogP contribution is -2.42. The van der Waals surface area contributed by atoms with Gasteiger partial charge in [0.1, 0.15) is 0 Å². The molecule has 1 aromatic carbocycles. The molecule has 1 unspecified atom stereocenters. The smallest absolute Gasteiger partial charge is 0.256 e. The molecule has 0 saturated heterocycles. The molecule has 1 aromatic rings. The van der Waals surface area contributed by atoms with Crippen LogP contribution in [-0.2, 0) is 9.59 Å². The first-order valence-electron chi connectivity index (χ1n) is 5.84. The summed E-state index contributed by atoms with van der Waals surface area (Å²) in [4.78, 5) is 24.5. The van der Waals surface area contributed by atoms with Crippen LogP contribution in [0.3, 0.4) is 0 Å². The van der Waals surface area contributed by atoms with Gasteiger partial charge in [0.05, 0.1) is 0 Å². The van der Waals surface area contributed by atoms with Crippen molar-refractivity contribution in [3.8, 4) is 0 Å². The van der Waals surface area contributed by atoms with Gasteiger partial charge in [-0.05, 0) is 5.56 Å². The van der Waals surface area contributed by atoms with Crippen molar-refractivity contribution in [2.24, 2.45) is 5.92 Å². The summed E-state index contributed by atoms with van der Waals surface area (Å²) in [5, 5.41) is 10.1. The maximum absolute atomic E-state index is 11.9. The van der Waals surface area contributed by atoms with Gasteiger partial charge in [-0.15, -0.1) is 0 Å². The van der Waals surface area contributed by atoms with E-state index >= 15 is 0 Å². The van der Waals surface area contributed by atoms with Crippen LogP contribution in [0.2, 0.25) is 0 Å². The lowest BCUT2D eigenvalue weighted by atomic mass is 10.1. The first kappa shape index (κ1) is 12.5. The summed E-state index contributed by atoms with van der Waals surface area (Å²) in [6.07, 6.45) is 0.134. The fourth-order valence-electron chi connectivity index (χ4n) is 1.91. The van der Waals surface area contributed by atoms with Crippen molar-refractivity contribution in [2.75, 3.05) is 0 Å². The fraction of sp³-hybridized carbons (Fsp3) is 0.286. The van der Waals surface area contributed by atoms with Gasteiger partial charge in [0.2, 0.25) is 5.91 Å². The van der Waals surface area contributed by atoms with E-state index in [0.717, 1.165) is 10.5 Å². The molecule has 1 N–H and O–H groups in total. The van der Waals surface area contributed by atoms with Crippen LogP contribution in [0, 0.1) is 5.92 Å². The van der Waals surface area contributed by atoms with E-state index in [9.17, 15) is 14.7 Å². The third kappa shape index (κ3) is 2.07. The van der Waals surface area contributed by atoms with Crippen molar-refractivity contribution in [1.82, 2.24) is 4.90 Å². The summed E-state index contributed by atoms with van der Waals surface area (Å²) in [5.74, 6) is -1.15. The Balaban J connectivity index is 2.31. The zero-order chi connectivity index (χ0) is 13.3. The molecule has 2 amide bonds. The monoisotopic (exact) mass is 245 g/mol. The third-order valence-corrected chi connectivity index (χ3v) is 2.88. The Hall–Kier alpha value is -1.94. The number of aliphatic hydroxyl groups is 1. The number of carbonyl (C=O) groups is 2. The molecule has 1 aliphatic heterocycles. The van der Waals surface area contributed by atoms with E-state index in [1.807, 2.05) is 18.2 Å². The molecule has 0 aromatic heterocycles. The molecule has 1 heterocycles. The van der Waals surface area contributed by atoms with Crippen molar-refractivity contribution in [1.29, 1.82) is 0 Å². The highest BCUT2D eigenvalue weighted by Gasteiger charge is 2.37. The molecule has 0 spiro atoms. The molecule has 4 nitrogen and oxygen atoms in total. The summed E-state index contributed by atoms with van der Waals surface area (Å²) >= 11 is 0. The van der Waals surface area contributed by atoms with Crippen LogP contribution in [0.15, 0.2) is 36.4 Å². The van der Waals surface area contributed by atoms with Crippen molar-refractivity contribution < 1.29 is 14.7 Å². The Kier molecular flexibility index (Phi) is 3.30. The van der Waals surface area contributed by atoms with E-state index in [1.165, 1.54) is 6.08 Å². The number of hydrogen-bond donors (Lipinski definition) is 1. The standard InChI is InChI=1S/C14H15NO3/c1-9(2)13(17)15-12(16)8-11(14(15)18)10-6-4-3-5-7-10/h3-9,14,18H,1-2H3. The minimum atomic E-state index is -1.19. The van der Waals surface area contributed by atoms with Gasteiger partial charge < -0.3 is 5.11 Å². The minimum Gasteiger partial charge on any atom is -0.369 e. The normalized spacial score (nSPS) is 19.3. The quantitative estimate of drug-likeness (QED) is 0.857. The highest BCUT2D eigenvalue weighted by Crippen LogP contribution is 2.27. The number of benzene rings is 1. The van der Waals surface area contributed by atoms with Crippen LogP contribution in [0.5, 0.6) is 0 Å². The Morgan fingerprint density at radius 3 is 2.44 bits per heavy atom. The SMILES string of the molecule is CC(C)C(=O)N1C(=O)C=C(c2ccccc2)C1O. The first-order chi connectivity index (χ1) is 8.52. The van der Waals surface area contributed by atoms with E-state index in [0.29, 0.717) is 5.57 Å². The maximum atomic E-state index is 11.9. The Labute approximate surface area is 106 Å². The Bertz CT molecular complexity index is 505. The molecule has 94 valence electrons. The van der Waals surface area contributed by atoms with Gasteiger partial charge in [-0.3, -0.25) is 9.59 Å². The predicted octanol–water partition coefficient (Wildman–Crippen LogP) is 1.41. The second-order valence-corrected chi connectivity index (χ2v) is 4.54. The van der Waals surface area contributed by atoms with Gasteiger partial charge in [-0.2, -0.15) is 0 Å². The van der Waals surface area contributed by atoms with E-state index in [4.69, 9.17) is 0 Å². The average molecular weight is 245 g/mol. The van der Waals surface area contributed by atoms with Gasteiger partial charge in [-0.25, -0.2) is 4.90 Å². The van der Waals surface area contributed by atoms with Crippen molar-refractivity contribution in [3.05, 3.63) is 42.0 Å². The zero-order valence-electron chi connectivity index (χ0n) is 10.3. The first-order valence-corrected chi connectivity index (χ1v) is 5.84. The molecular formula is C14H15NO3. The molecule has 0 radical (unpaired) electrons. The van der Waals surface area contributed by atoms with Crippen molar-refractivity contribution >= 4 is 17.4 Å². The number of carbonyl (C=O) groups excluding carboxylic acids is 2. The Morgan fingerprint density at radius 1 is 1.28 bits per heavy atom. The van der Waals surface area contributed by atoms with E-state index in [2.05, 4.69) is 0 Å². The molecule has 4 heteroatoms. The number of rotatable bonds is 2. The van der Waals surface area contributed by atoms with E-state index in [-0.39, 0.29) is 11.8 Å². The molecule has 0 bridgehead atoms. The van der Waals surface area contributed by atoms with Crippen LogP contribution in [0.1, 0.15) is 19.4 Å². The van der Waals surface area contributed by atoms with Crippen molar-refractivity contribution in [3.63, 3.8) is 0 Å². The highest BCUT2D eigenvalue weighted by atomic mass is 16.3. The van der Waals surface area contributed by atoms with E-state index < -0.39 is 12.1 Å². The van der Waals surface area contributed by atoms with Gasteiger partial charge >= 0.3 is 0 Å². The summed E-state index contributed by atoms with van der Waals surface area (Å²) in [5.41, 5.74) is 1.21. The largest absolute Gasteiger partial charge is 0.369 e. The summed E-state index contributed by atoms with van der Waals surface area (Å²) < 4.78 is 0. The molecular weight excluding hydrogens is 230 g/mol. The van der Waals surface area contributed by atoms with Crippen LogP contribution in [-0.4, -0.2) is 28.0 Å². The Morgan fingerprint density at radius 2 is 1.89 bits per heavy atom. The lowest BCUT2D eigenvalue weighted by Gasteiger charge is -2.22. The summed E-state index contributed by atoms with van der Waals surface area (Å²) in [6, 6.07) is 9.09. The van der Waals surface area contributed by atoms with E-state index in [1.54, 1.807) is 26.0 Å². The van der Waals surface area contributed by atoms with Crippen LogP contribution in [0.25, 0.3) is 5.57 Å². The summed E-state index contributed by atoms with van der Waals surface area (Å²) in [6.45, 7) is 3.39. The number of nitrogens with zero attached hydrogens (tertiary/aromatic N) is 1. The third-order valence-electron chi connectivity index (χ3n) is 2.88. The number of hydrogen-bond acceptors (Lipinski definition) is 3. The number of aliphatic hydroxyl groups excluding tert-OH is 1. The minimum absolute atomic E-state index is 0.327. The van der Waals surface area contributed by atoms with Crippen LogP contribution in [0.4, 0.5) is 0 Å². The fourth-order valence-corrected chi connectivity index (χ4v) is 1.91. The second kappa shape index (κ2) is 4.74. The van der Waals surface area contributed by atoms with Gasteiger partial charge in [0.15, 0.2) is 6.23 Å². The second-order valence-electron chi connectivity index (χ2n) is 4.54. The van der Waals surface area contributed by atoms with Crippen molar-refractivity contribution in [2.45, 2.75) is 20.1 Å². The predicted molar refractivity (Wildman–Crippen MR) is 67.1 cm³/mol.